The Morgan fingerprint density at radius 2 is 1.86 bits per heavy atom. The molecule has 0 atom stereocenters. The molecule has 0 fully saturated rings. The molecule has 188 valence electrons. The number of benzene rings is 3. The van der Waals surface area contributed by atoms with Gasteiger partial charge in [-0.15, -0.1) is 10.2 Å². The molecular weight excluding hydrogens is 488 g/mol. The van der Waals surface area contributed by atoms with E-state index < -0.39 is 0 Å². The summed E-state index contributed by atoms with van der Waals surface area (Å²) in [6.45, 7) is 3.45. The third-order valence-corrected chi connectivity index (χ3v) is 6.23. The van der Waals surface area contributed by atoms with E-state index >= 15 is 0 Å². The van der Waals surface area contributed by atoms with Crippen LogP contribution in [0.25, 0.3) is 22.1 Å². The summed E-state index contributed by atoms with van der Waals surface area (Å²) in [5, 5.41) is 14.7. The van der Waals surface area contributed by atoms with Gasteiger partial charge < -0.3 is 14.0 Å². The zero-order chi connectivity index (χ0) is 25.6. The number of hydrogen-bond acceptors (Lipinski definition) is 7. The quantitative estimate of drug-likeness (QED) is 0.170. The lowest BCUT2D eigenvalue weighted by Crippen LogP contribution is -2.03. The van der Waals surface area contributed by atoms with Gasteiger partial charge in [0.1, 0.15) is 12.1 Å². The van der Waals surface area contributed by atoms with Crippen LogP contribution >= 0.6 is 11.6 Å². The average molecular weight is 515 g/mol. The zero-order valence-corrected chi connectivity index (χ0v) is 21.4. The molecular formula is C28H27ClN6O2. The van der Waals surface area contributed by atoms with Gasteiger partial charge in [-0.25, -0.2) is 5.43 Å². The maximum atomic E-state index is 5.95. The molecule has 5 rings (SSSR count). The summed E-state index contributed by atoms with van der Waals surface area (Å²) in [6.07, 6.45) is 3.82. The van der Waals surface area contributed by atoms with Crippen molar-refractivity contribution in [3.63, 3.8) is 0 Å². The second-order valence-corrected chi connectivity index (χ2v) is 8.96. The van der Waals surface area contributed by atoms with E-state index in [2.05, 4.69) is 44.3 Å². The first-order chi connectivity index (χ1) is 18.2. The highest BCUT2D eigenvalue weighted by molar-refractivity contribution is 6.30. The largest absolute Gasteiger partial charge is 0.493 e. The van der Waals surface area contributed by atoms with Crippen LogP contribution in [0.3, 0.4) is 0 Å². The van der Waals surface area contributed by atoms with Crippen LogP contribution in [-0.4, -0.2) is 33.1 Å². The van der Waals surface area contributed by atoms with Crippen molar-refractivity contribution in [3.8, 4) is 11.5 Å². The van der Waals surface area contributed by atoms with E-state index in [1.54, 1.807) is 13.3 Å². The van der Waals surface area contributed by atoms with Crippen LogP contribution in [0.1, 0.15) is 30.9 Å². The Hall–Kier alpha value is -4.17. The molecule has 8 nitrogen and oxygen atoms in total. The smallest absolute Gasteiger partial charge is 0.265 e. The van der Waals surface area contributed by atoms with Crippen molar-refractivity contribution in [1.82, 2.24) is 19.7 Å². The molecule has 2 heterocycles. The lowest BCUT2D eigenvalue weighted by molar-refractivity contribution is 0.284. The minimum Gasteiger partial charge on any atom is -0.493 e. The number of halogens is 1. The van der Waals surface area contributed by atoms with Crippen molar-refractivity contribution < 1.29 is 9.47 Å². The molecule has 0 aliphatic rings. The number of unbranched alkanes of at least 4 members (excludes halogenated alkanes) is 1. The summed E-state index contributed by atoms with van der Waals surface area (Å²) >= 11 is 5.95. The maximum absolute atomic E-state index is 5.95. The number of nitrogens with zero attached hydrogens (tertiary/aromatic N) is 5. The first-order valence-electron chi connectivity index (χ1n) is 12.1. The third kappa shape index (κ3) is 5.49. The molecule has 37 heavy (non-hydrogen) atoms. The average Bonchev–Trinajstić information content (AvgIpc) is 3.24. The molecule has 0 spiro atoms. The van der Waals surface area contributed by atoms with Crippen LogP contribution in [0.5, 0.6) is 11.5 Å². The SMILES string of the molecule is CCCCn1c2ccccc2c2nnc(N/N=C/c3ccc(OCc4ccc(Cl)cc4)c(OC)c3)nc21. The molecule has 0 bridgehead atoms. The van der Waals surface area contributed by atoms with Gasteiger partial charge in [-0.05, 0) is 53.9 Å². The number of rotatable bonds is 10. The van der Waals surface area contributed by atoms with Crippen molar-refractivity contribution >= 4 is 45.8 Å². The van der Waals surface area contributed by atoms with Crippen LogP contribution in [0, 0.1) is 0 Å². The lowest BCUT2D eigenvalue weighted by atomic mass is 10.2. The van der Waals surface area contributed by atoms with Gasteiger partial charge in [0.25, 0.3) is 5.95 Å². The number of aryl methyl sites for hydroxylation is 1. The number of aromatic nitrogens is 4. The van der Waals surface area contributed by atoms with Gasteiger partial charge in [-0.1, -0.05) is 55.3 Å². The van der Waals surface area contributed by atoms with E-state index in [0.717, 1.165) is 52.6 Å². The number of hydrazone groups is 1. The van der Waals surface area contributed by atoms with Gasteiger partial charge in [0.05, 0.1) is 18.8 Å². The molecule has 9 heteroatoms. The minimum atomic E-state index is 0.333. The monoisotopic (exact) mass is 514 g/mol. The van der Waals surface area contributed by atoms with Crippen molar-refractivity contribution in [3.05, 3.63) is 82.9 Å². The summed E-state index contributed by atoms with van der Waals surface area (Å²) in [6, 6.07) is 21.3. The number of nitrogens with one attached hydrogen (secondary N) is 1. The lowest BCUT2D eigenvalue weighted by Gasteiger charge is -2.11. The Morgan fingerprint density at radius 1 is 1.03 bits per heavy atom. The minimum absolute atomic E-state index is 0.333. The van der Waals surface area contributed by atoms with Crippen LogP contribution in [0.2, 0.25) is 5.02 Å². The van der Waals surface area contributed by atoms with Crippen molar-refractivity contribution in [2.75, 3.05) is 12.5 Å². The fraction of sp³-hybridized carbons (Fsp3) is 0.214. The zero-order valence-electron chi connectivity index (χ0n) is 20.7. The topological polar surface area (TPSA) is 86.5 Å². The van der Waals surface area contributed by atoms with Crippen molar-refractivity contribution in [1.29, 1.82) is 0 Å². The number of fused-ring (bicyclic) bond motifs is 3. The van der Waals surface area contributed by atoms with E-state index in [4.69, 9.17) is 26.1 Å². The molecule has 2 aromatic heterocycles. The number of methoxy groups -OCH3 is 1. The van der Waals surface area contributed by atoms with Gasteiger partial charge in [0, 0.05) is 17.0 Å². The molecule has 0 aliphatic carbocycles. The van der Waals surface area contributed by atoms with Crippen LogP contribution in [-0.2, 0) is 13.2 Å². The molecule has 0 saturated heterocycles. The summed E-state index contributed by atoms with van der Waals surface area (Å²) < 4.78 is 13.6. The second kappa shape index (κ2) is 11.3. The van der Waals surface area contributed by atoms with Crippen LogP contribution in [0.4, 0.5) is 5.95 Å². The molecule has 1 N–H and O–H groups in total. The predicted molar refractivity (Wildman–Crippen MR) is 148 cm³/mol. The normalized spacial score (nSPS) is 11.4. The first kappa shape index (κ1) is 24.5. The van der Waals surface area contributed by atoms with Gasteiger partial charge in [0.15, 0.2) is 17.1 Å². The number of para-hydroxylation sites is 1. The van der Waals surface area contributed by atoms with E-state index in [0.29, 0.717) is 29.1 Å². The number of anilines is 1. The Balaban J connectivity index is 1.31. The van der Waals surface area contributed by atoms with Crippen molar-refractivity contribution in [2.45, 2.75) is 32.9 Å². The molecule has 0 unspecified atom stereocenters. The Kier molecular flexibility index (Phi) is 7.46. The molecule has 3 aromatic carbocycles. The summed E-state index contributed by atoms with van der Waals surface area (Å²) in [4.78, 5) is 4.71. The summed E-state index contributed by atoms with van der Waals surface area (Å²) in [5.74, 6) is 1.58. The predicted octanol–water partition coefficient (Wildman–Crippen LogP) is 6.47. The van der Waals surface area contributed by atoms with E-state index in [9.17, 15) is 0 Å². The Bertz CT molecular complexity index is 1550. The Labute approximate surface area is 219 Å². The van der Waals surface area contributed by atoms with Crippen LogP contribution in [0.15, 0.2) is 71.8 Å². The first-order valence-corrected chi connectivity index (χ1v) is 12.5. The fourth-order valence-corrected chi connectivity index (χ4v) is 4.21. The van der Waals surface area contributed by atoms with Gasteiger partial charge >= 0.3 is 0 Å². The van der Waals surface area contributed by atoms with Crippen LogP contribution < -0.4 is 14.9 Å². The summed E-state index contributed by atoms with van der Waals surface area (Å²) in [7, 11) is 1.61. The van der Waals surface area contributed by atoms with Gasteiger partial charge in [0.2, 0.25) is 0 Å². The van der Waals surface area contributed by atoms with Crippen molar-refractivity contribution in [2.24, 2.45) is 5.10 Å². The summed E-state index contributed by atoms with van der Waals surface area (Å²) in [5.41, 5.74) is 7.45. The highest BCUT2D eigenvalue weighted by Crippen LogP contribution is 2.29. The fourth-order valence-electron chi connectivity index (χ4n) is 4.08. The molecule has 0 aliphatic heterocycles. The van der Waals surface area contributed by atoms with E-state index in [1.165, 1.54) is 0 Å². The highest BCUT2D eigenvalue weighted by atomic mass is 35.5. The highest BCUT2D eigenvalue weighted by Gasteiger charge is 2.14. The molecule has 0 radical (unpaired) electrons. The molecule has 0 saturated carbocycles. The maximum Gasteiger partial charge on any atom is 0.265 e. The number of ether oxygens (including phenoxy) is 2. The van der Waals surface area contributed by atoms with Gasteiger partial charge in [-0.2, -0.15) is 10.1 Å². The standard InChI is InChI=1S/C28H27ClN6O2/c1-3-4-15-35-23-8-6-5-7-22(23)26-27(35)31-28(34-32-26)33-30-17-20-11-14-24(25(16-20)36-2)37-18-19-9-12-21(29)13-10-19/h5-14,16-17H,3-4,15,18H2,1-2H3,(H,31,33,34)/b30-17+. The van der Waals surface area contributed by atoms with E-state index in [-0.39, 0.29) is 0 Å². The van der Waals surface area contributed by atoms with E-state index in [1.807, 2.05) is 54.6 Å². The molecule has 0 amide bonds. The molecule has 5 aromatic rings. The second-order valence-electron chi connectivity index (χ2n) is 8.53. The Morgan fingerprint density at radius 3 is 2.68 bits per heavy atom. The van der Waals surface area contributed by atoms with Gasteiger partial charge in [-0.3, -0.25) is 0 Å². The number of hydrogen-bond donors (Lipinski definition) is 1. The third-order valence-electron chi connectivity index (χ3n) is 5.98.